The molecule has 2 atom stereocenters. The van der Waals surface area contributed by atoms with Crippen LogP contribution in [0.3, 0.4) is 0 Å². The lowest BCUT2D eigenvalue weighted by molar-refractivity contribution is -0.121. The Bertz CT molecular complexity index is 205. The van der Waals surface area contributed by atoms with Crippen LogP contribution in [0.15, 0.2) is 0 Å². The Hall–Kier alpha value is 0.550. The quantitative estimate of drug-likeness (QED) is 0.629. The smallest absolute Gasteiger partial charge is 0.233 e. The fraction of sp³-hybridized carbons (Fsp3) is 0.909. The van der Waals surface area contributed by atoms with Crippen LogP contribution in [0, 0.1) is 5.92 Å². The second kappa shape index (κ2) is 6.99. The number of carbonyl (C=O) groups excluding carboxylic acids is 1. The van der Waals surface area contributed by atoms with Gasteiger partial charge in [-0.15, -0.1) is 11.8 Å². The van der Waals surface area contributed by atoms with Gasteiger partial charge in [-0.05, 0) is 24.5 Å². The summed E-state index contributed by atoms with van der Waals surface area (Å²) in [4.78, 5) is 11.9. The number of halogens is 1. The van der Waals surface area contributed by atoms with Crippen LogP contribution in [0.25, 0.3) is 0 Å². The number of rotatable bonds is 4. The van der Waals surface area contributed by atoms with Crippen LogP contribution in [0.4, 0.5) is 0 Å². The normalized spacial score (nSPS) is 23.9. The van der Waals surface area contributed by atoms with Gasteiger partial charge in [0.1, 0.15) is 0 Å². The number of hydrogen-bond acceptors (Lipinski definition) is 2. The second-order valence-corrected chi connectivity index (χ2v) is 6.56. The molecule has 2 nitrogen and oxygen atoms in total. The van der Waals surface area contributed by atoms with Crippen molar-refractivity contribution < 1.29 is 4.79 Å². The molecule has 0 aromatic heterocycles. The van der Waals surface area contributed by atoms with Crippen LogP contribution in [-0.4, -0.2) is 27.4 Å². The first-order valence-electron chi connectivity index (χ1n) is 5.63. The third kappa shape index (κ3) is 4.51. The highest BCUT2D eigenvalue weighted by atomic mass is 127. The molecule has 1 aliphatic heterocycles. The van der Waals surface area contributed by atoms with Gasteiger partial charge in [-0.2, -0.15) is 0 Å². The summed E-state index contributed by atoms with van der Waals surface area (Å²) in [5.41, 5.74) is 0. The number of nitrogens with one attached hydrogen (secondary N) is 1. The van der Waals surface area contributed by atoms with Crippen molar-refractivity contribution >= 4 is 40.3 Å². The lowest BCUT2D eigenvalue weighted by Gasteiger charge is -2.25. The summed E-state index contributed by atoms with van der Waals surface area (Å²) in [6, 6.07) is 0.334. The average Bonchev–Trinajstić information content (AvgIpc) is 2.26. The first kappa shape index (κ1) is 13.6. The Balaban J connectivity index is 2.38. The van der Waals surface area contributed by atoms with E-state index in [1.807, 2.05) is 11.8 Å². The zero-order chi connectivity index (χ0) is 11.3. The summed E-state index contributed by atoms with van der Waals surface area (Å²) in [5.74, 6) is 1.93. The van der Waals surface area contributed by atoms with Gasteiger partial charge < -0.3 is 5.32 Å². The van der Waals surface area contributed by atoms with E-state index in [4.69, 9.17) is 0 Å². The first-order valence-corrected chi connectivity index (χ1v) is 8.20. The van der Waals surface area contributed by atoms with E-state index >= 15 is 0 Å². The lowest BCUT2D eigenvalue weighted by atomic mass is 10.1. The predicted molar refractivity (Wildman–Crippen MR) is 75.8 cm³/mol. The van der Waals surface area contributed by atoms with Crippen LogP contribution >= 0.6 is 34.4 Å². The highest BCUT2D eigenvalue weighted by Crippen LogP contribution is 2.25. The maximum Gasteiger partial charge on any atom is 0.233 e. The van der Waals surface area contributed by atoms with Gasteiger partial charge in [0.15, 0.2) is 0 Å². The number of alkyl halides is 1. The Morgan fingerprint density at radius 2 is 2.27 bits per heavy atom. The number of hydrogen-bond donors (Lipinski definition) is 1. The van der Waals surface area contributed by atoms with E-state index in [9.17, 15) is 4.79 Å². The topological polar surface area (TPSA) is 29.1 Å². The molecule has 0 saturated carbocycles. The van der Waals surface area contributed by atoms with Crippen molar-refractivity contribution in [1.82, 2.24) is 5.32 Å². The van der Waals surface area contributed by atoms with E-state index in [1.165, 1.54) is 12.8 Å². The van der Waals surface area contributed by atoms with Gasteiger partial charge in [0.05, 0.1) is 5.25 Å². The Morgan fingerprint density at radius 3 is 2.73 bits per heavy atom. The Morgan fingerprint density at radius 1 is 1.53 bits per heavy atom. The minimum atomic E-state index is 0.211. The number of carbonyl (C=O) groups is 1. The molecule has 4 heteroatoms. The van der Waals surface area contributed by atoms with Gasteiger partial charge in [0.25, 0.3) is 0 Å². The monoisotopic (exact) mass is 341 g/mol. The highest BCUT2D eigenvalue weighted by Gasteiger charge is 2.24. The van der Waals surface area contributed by atoms with E-state index in [1.54, 1.807) is 0 Å². The molecule has 0 aromatic rings. The molecule has 1 heterocycles. The van der Waals surface area contributed by atoms with Crippen LogP contribution in [0.1, 0.15) is 33.1 Å². The molecule has 1 N–H and O–H groups in total. The summed E-state index contributed by atoms with van der Waals surface area (Å²) < 4.78 is 0.999. The maximum absolute atomic E-state index is 11.9. The van der Waals surface area contributed by atoms with E-state index in [2.05, 4.69) is 41.8 Å². The zero-order valence-corrected chi connectivity index (χ0v) is 12.4. The van der Waals surface area contributed by atoms with Gasteiger partial charge in [0.2, 0.25) is 5.91 Å². The molecule has 1 rings (SSSR count). The standard InChI is InChI=1S/C11H20INOS/c1-8(2)9(7-12)13-11(14)10-5-3-4-6-15-10/h8-10H,3-7H2,1-2H3,(H,13,14). The molecular weight excluding hydrogens is 321 g/mol. The van der Waals surface area contributed by atoms with Crippen molar-refractivity contribution in [2.75, 3.05) is 10.2 Å². The van der Waals surface area contributed by atoms with Crippen molar-refractivity contribution in [3.05, 3.63) is 0 Å². The van der Waals surface area contributed by atoms with Crippen LogP contribution in [0.5, 0.6) is 0 Å². The summed E-state index contributed by atoms with van der Waals surface area (Å²) >= 11 is 4.17. The average molecular weight is 341 g/mol. The highest BCUT2D eigenvalue weighted by molar-refractivity contribution is 14.1. The fourth-order valence-electron chi connectivity index (χ4n) is 1.61. The van der Waals surface area contributed by atoms with Crippen molar-refractivity contribution in [2.24, 2.45) is 5.92 Å². The summed E-state index contributed by atoms with van der Waals surface area (Å²) in [6.07, 6.45) is 3.54. The Labute approximate surface area is 110 Å². The maximum atomic E-state index is 11.9. The lowest BCUT2D eigenvalue weighted by Crippen LogP contribution is -2.44. The molecular formula is C11H20INOS. The molecule has 0 bridgehead atoms. The van der Waals surface area contributed by atoms with E-state index in [-0.39, 0.29) is 11.2 Å². The minimum absolute atomic E-state index is 0.211. The number of amides is 1. The molecule has 15 heavy (non-hydrogen) atoms. The molecule has 2 unspecified atom stereocenters. The molecule has 0 aliphatic carbocycles. The van der Waals surface area contributed by atoms with Crippen molar-refractivity contribution in [1.29, 1.82) is 0 Å². The molecule has 88 valence electrons. The van der Waals surface area contributed by atoms with Gasteiger partial charge in [-0.25, -0.2) is 0 Å². The van der Waals surface area contributed by atoms with Crippen LogP contribution < -0.4 is 5.32 Å². The number of thioether (sulfide) groups is 1. The van der Waals surface area contributed by atoms with Crippen molar-refractivity contribution in [3.63, 3.8) is 0 Å². The molecule has 0 spiro atoms. The van der Waals surface area contributed by atoms with Crippen molar-refractivity contribution in [2.45, 2.75) is 44.4 Å². The van der Waals surface area contributed by atoms with Gasteiger partial charge >= 0.3 is 0 Å². The van der Waals surface area contributed by atoms with Crippen LogP contribution in [-0.2, 0) is 4.79 Å². The first-order chi connectivity index (χ1) is 7.15. The van der Waals surface area contributed by atoms with Crippen LogP contribution in [0.2, 0.25) is 0 Å². The summed E-state index contributed by atoms with van der Waals surface area (Å²) in [7, 11) is 0. The van der Waals surface area contributed by atoms with E-state index in [0.717, 1.165) is 16.6 Å². The molecule has 1 amide bonds. The second-order valence-electron chi connectivity index (χ2n) is 4.37. The van der Waals surface area contributed by atoms with Gasteiger partial charge in [-0.3, -0.25) is 4.79 Å². The summed E-state index contributed by atoms with van der Waals surface area (Å²) in [5, 5.41) is 3.38. The summed E-state index contributed by atoms with van der Waals surface area (Å²) in [6.45, 7) is 4.33. The minimum Gasteiger partial charge on any atom is -0.351 e. The fourth-order valence-corrected chi connectivity index (χ4v) is 4.05. The molecule has 1 aliphatic rings. The predicted octanol–water partition coefficient (Wildman–Crippen LogP) is 2.85. The van der Waals surface area contributed by atoms with Gasteiger partial charge in [0, 0.05) is 10.5 Å². The molecule has 1 fully saturated rings. The zero-order valence-electron chi connectivity index (χ0n) is 9.46. The SMILES string of the molecule is CC(C)C(CI)NC(=O)C1CCCCS1. The van der Waals surface area contributed by atoms with Gasteiger partial charge in [-0.1, -0.05) is 42.9 Å². The Kier molecular flexibility index (Phi) is 6.34. The molecule has 0 radical (unpaired) electrons. The third-order valence-corrected chi connectivity index (χ3v) is 5.10. The molecule has 0 aromatic carbocycles. The molecule has 1 saturated heterocycles. The largest absolute Gasteiger partial charge is 0.351 e. The third-order valence-electron chi connectivity index (χ3n) is 2.77. The van der Waals surface area contributed by atoms with Crippen molar-refractivity contribution in [3.8, 4) is 0 Å². The van der Waals surface area contributed by atoms with E-state index < -0.39 is 0 Å². The van der Waals surface area contributed by atoms with E-state index in [0.29, 0.717) is 12.0 Å².